The fourth-order valence-electron chi connectivity index (χ4n) is 2.33. The van der Waals surface area contributed by atoms with Gasteiger partial charge in [0, 0.05) is 12.5 Å². The number of carbonyl (C=O) groups excluding carboxylic acids is 1. The van der Waals surface area contributed by atoms with Gasteiger partial charge in [-0.15, -0.1) is 0 Å². The molecule has 0 saturated carbocycles. The maximum atomic E-state index is 11.4. The molecule has 0 aromatic carbocycles. The monoisotopic (exact) mass is 169 g/mol. The van der Waals surface area contributed by atoms with Crippen LogP contribution in [-0.2, 0) is 4.79 Å². The lowest BCUT2D eigenvalue weighted by Gasteiger charge is -2.42. The lowest BCUT2D eigenvalue weighted by atomic mass is 9.92. The Morgan fingerprint density at radius 2 is 2.00 bits per heavy atom. The van der Waals surface area contributed by atoms with Gasteiger partial charge in [0.1, 0.15) is 6.23 Å². The Labute approximate surface area is 72.4 Å². The summed E-state index contributed by atoms with van der Waals surface area (Å²) in [5, 5.41) is 9.58. The molecular formula is C9H15NO2. The molecule has 12 heavy (non-hydrogen) atoms. The third-order valence-electron chi connectivity index (χ3n) is 2.93. The number of fused-ring (bicyclic) bond motifs is 1. The van der Waals surface area contributed by atoms with E-state index in [1.54, 1.807) is 4.90 Å². The van der Waals surface area contributed by atoms with Crippen molar-refractivity contribution in [1.29, 1.82) is 0 Å². The zero-order valence-electron chi connectivity index (χ0n) is 7.20. The maximum absolute atomic E-state index is 11.4. The molecule has 3 heteroatoms. The van der Waals surface area contributed by atoms with E-state index in [0.717, 1.165) is 32.1 Å². The van der Waals surface area contributed by atoms with Crippen LogP contribution in [0.5, 0.6) is 0 Å². The molecule has 1 unspecified atom stereocenters. The predicted octanol–water partition coefficient (Wildman–Crippen LogP) is 0.870. The second kappa shape index (κ2) is 3.05. The van der Waals surface area contributed by atoms with Gasteiger partial charge in [-0.2, -0.15) is 0 Å². The number of hydrogen-bond donors (Lipinski definition) is 1. The normalized spacial score (nSPS) is 36.4. The number of aliphatic hydroxyl groups excluding tert-OH is 1. The molecule has 0 aliphatic carbocycles. The quantitative estimate of drug-likeness (QED) is 0.584. The Hall–Kier alpha value is -0.570. The van der Waals surface area contributed by atoms with Crippen LogP contribution in [0.3, 0.4) is 0 Å². The molecule has 3 nitrogen and oxygen atoms in total. The van der Waals surface area contributed by atoms with Crippen LogP contribution in [0.4, 0.5) is 0 Å². The van der Waals surface area contributed by atoms with Crippen molar-refractivity contribution < 1.29 is 9.90 Å². The minimum absolute atomic E-state index is 0.151. The first-order valence-electron chi connectivity index (χ1n) is 4.78. The predicted molar refractivity (Wildman–Crippen MR) is 44.3 cm³/mol. The van der Waals surface area contributed by atoms with Crippen molar-refractivity contribution in [2.24, 2.45) is 0 Å². The summed E-state index contributed by atoms with van der Waals surface area (Å²) < 4.78 is 0. The average Bonchev–Trinajstić information content (AvgIpc) is 2.04. The van der Waals surface area contributed by atoms with Crippen molar-refractivity contribution in [3.05, 3.63) is 0 Å². The third kappa shape index (κ3) is 1.22. The van der Waals surface area contributed by atoms with Crippen LogP contribution < -0.4 is 0 Å². The van der Waals surface area contributed by atoms with Gasteiger partial charge < -0.3 is 10.0 Å². The number of hydrogen-bond acceptors (Lipinski definition) is 2. The molecule has 0 radical (unpaired) electrons. The van der Waals surface area contributed by atoms with E-state index in [9.17, 15) is 9.90 Å². The Kier molecular flexibility index (Phi) is 2.05. The molecule has 0 bridgehead atoms. The molecule has 2 heterocycles. The van der Waals surface area contributed by atoms with Crippen LogP contribution in [0.15, 0.2) is 0 Å². The number of nitrogens with zero attached hydrogens (tertiary/aromatic N) is 1. The summed E-state index contributed by atoms with van der Waals surface area (Å²) in [6.07, 6.45) is 5.15. The van der Waals surface area contributed by atoms with Crippen molar-refractivity contribution in [2.75, 3.05) is 0 Å². The summed E-state index contributed by atoms with van der Waals surface area (Å²) in [5.41, 5.74) is 0. The Bertz CT molecular complexity index is 191. The largest absolute Gasteiger partial charge is 0.374 e. The van der Waals surface area contributed by atoms with E-state index in [0.29, 0.717) is 12.5 Å². The molecule has 1 N–H and O–H groups in total. The molecule has 2 saturated heterocycles. The van der Waals surface area contributed by atoms with Crippen molar-refractivity contribution in [3.63, 3.8) is 0 Å². The molecule has 1 amide bonds. The Morgan fingerprint density at radius 1 is 1.25 bits per heavy atom. The Morgan fingerprint density at radius 3 is 2.75 bits per heavy atom. The van der Waals surface area contributed by atoms with Gasteiger partial charge in [-0.05, 0) is 32.1 Å². The molecule has 2 fully saturated rings. The summed E-state index contributed by atoms with van der Waals surface area (Å²) in [6, 6.07) is 0.343. The topological polar surface area (TPSA) is 40.5 Å². The van der Waals surface area contributed by atoms with E-state index in [4.69, 9.17) is 0 Å². The average molecular weight is 169 g/mol. The molecule has 2 atom stereocenters. The molecule has 0 aromatic rings. The third-order valence-corrected chi connectivity index (χ3v) is 2.93. The Balaban J connectivity index is 2.12. The highest BCUT2D eigenvalue weighted by atomic mass is 16.3. The van der Waals surface area contributed by atoms with Crippen LogP contribution in [-0.4, -0.2) is 28.2 Å². The molecule has 0 aromatic heterocycles. The number of piperidine rings is 2. The lowest BCUT2D eigenvalue weighted by Crippen LogP contribution is -2.52. The van der Waals surface area contributed by atoms with Crippen molar-refractivity contribution >= 4 is 5.91 Å². The standard InChI is InChI=1S/C9H15NO2/c11-8-5-1-3-7-4-2-6-9(12)10(7)8/h7-8,11H,1-6H2/t7-,8?/m1/s1. The van der Waals surface area contributed by atoms with Gasteiger partial charge in [0.05, 0.1) is 0 Å². The van der Waals surface area contributed by atoms with Gasteiger partial charge in [0.2, 0.25) is 5.91 Å². The SMILES string of the molecule is O=C1CCC[C@H]2CCCC(O)N12. The zero-order chi connectivity index (χ0) is 8.55. The molecular weight excluding hydrogens is 154 g/mol. The van der Waals surface area contributed by atoms with Gasteiger partial charge in [0.25, 0.3) is 0 Å². The van der Waals surface area contributed by atoms with Gasteiger partial charge >= 0.3 is 0 Å². The van der Waals surface area contributed by atoms with Crippen molar-refractivity contribution in [2.45, 2.75) is 50.8 Å². The highest BCUT2D eigenvalue weighted by Crippen LogP contribution is 2.29. The zero-order valence-corrected chi connectivity index (χ0v) is 7.20. The second-order valence-electron chi connectivity index (χ2n) is 3.76. The van der Waals surface area contributed by atoms with E-state index in [1.165, 1.54) is 0 Å². The maximum Gasteiger partial charge on any atom is 0.224 e. The van der Waals surface area contributed by atoms with Crippen LogP contribution in [0, 0.1) is 0 Å². The highest BCUT2D eigenvalue weighted by molar-refractivity contribution is 5.77. The molecule has 68 valence electrons. The summed E-state index contributed by atoms with van der Waals surface area (Å²) >= 11 is 0. The first-order valence-corrected chi connectivity index (χ1v) is 4.78. The van der Waals surface area contributed by atoms with Crippen LogP contribution >= 0.6 is 0 Å². The molecule has 2 aliphatic heterocycles. The smallest absolute Gasteiger partial charge is 0.224 e. The molecule has 0 spiro atoms. The van der Waals surface area contributed by atoms with Crippen LogP contribution in [0.2, 0.25) is 0 Å². The van der Waals surface area contributed by atoms with E-state index in [2.05, 4.69) is 0 Å². The number of carbonyl (C=O) groups is 1. The van der Waals surface area contributed by atoms with E-state index in [1.807, 2.05) is 0 Å². The summed E-state index contributed by atoms with van der Waals surface area (Å²) in [4.78, 5) is 13.1. The van der Waals surface area contributed by atoms with Gasteiger partial charge in [-0.25, -0.2) is 0 Å². The van der Waals surface area contributed by atoms with Gasteiger partial charge in [0.15, 0.2) is 0 Å². The number of amides is 1. The molecule has 2 aliphatic rings. The second-order valence-corrected chi connectivity index (χ2v) is 3.76. The lowest BCUT2D eigenvalue weighted by molar-refractivity contribution is -0.154. The van der Waals surface area contributed by atoms with E-state index in [-0.39, 0.29) is 5.91 Å². The molecule has 2 rings (SSSR count). The first kappa shape index (κ1) is 8.05. The van der Waals surface area contributed by atoms with E-state index >= 15 is 0 Å². The minimum Gasteiger partial charge on any atom is -0.374 e. The first-order chi connectivity index (χ1) is 5.79. The fraction of sp³-hybridized carbons (Fsp3) is 0.889. The van der Waals surface area contributed by atoms with Gasteiger partial charge in [-0.3, -0.25) is 4.79 Å². The summed E-state index contributed by atoms with van der Waals surface area (Å²) in [6.45, 7) is 0. The van der Waals surface area contributed by atoms with Crippen LogP contribution in [0.1, 0.15) is 38.5 Å². The van der Waals surface area contributed by atoms with Crippen molar-refractivity contribution in [3.8, 4) is 0 Å². The minimum atomic E-state index is -0.489. The fourth-order valence-corrected chi connectivity index (χ4v) is 2.33. The summed E-state index contributed by atoms with van der Waals surface area (Å²) in [7, 11) is 0. The van der Waals surface area contributed by atoms with Crippen LogP contribution in [0.25, 0.3) is 0 Å². The van der Waals surface area contributed by atoms with Crippen molar-refractivity contribution in [1.82, 2.24) is 4.90 Å². The van der Waals surface area contributed by atoms with Gasteiger partial charge in [-0.1, -0.05) is 0 Å². The number of rotatable bonds is 0. The van der Waals surface area contributed by atoms with E-state index < -0.39 is 6.23 Å². The highest BCUT2D eigenvalue weighted by Gasteiger charge is 2.35. The number of aliphatic hydroxyl groups is 1. The summed E-state index contributed by atoms with van der Waals surface area (Å²) in [5.74, 6) is 0.151.